The molecule has 1 rings (SSSR count). The molecule has 5 heteroatoms. The van der Waals surface area contributed by atoms with Gasteiger partial charge < -0.3 is 0 Å². The van der Waals surface area contributed by atoms with E-state index >= 15 is 0 Å². The second-order valence-corrected chi connectivity index (χ2v) is 19.7. The van der Waals surface area contributed by atoms with Crippen molar-refractivity contribution in [1.29, 1.82) is 0 Å². The average Bonchev–Trinajstić information content (AvgIpc) is 2.69. The molecule has 0 radical (unpaired) electrons. The number of hydrogen-bond acceptors (Lipinski definition) is 2. The van der Waals surface area contributed by atoms with Gasteiger partial charge in [0.1, 0.15) is 0 Å². The third-order valence-corrected chi connectivity index (χ3v) is 15.1. The van der Waals surface area contributed by atoms with Gasteiger partial charge in [0.2, 0.25) is 0 Å². The van der Waals surface area contributed by atoms with Crippen LogP contribution in [0.4, 0.5) is 5.69 Å². The van der Waals surface area contributed by atoms with Crippen molar-refractivity contribution in [3.63, 3.8) is 0 Å². The number of nitrogens with two attached hydrogens (primary N) is 1. The molecule has 27 heavy (non-hydrogen) atoms. The number of halogens is 2. The minimum absolute atomic E-state index is 0.556. The first kappa shape index (κ1) is 25.0. The number of allylic oxidation sites excluding steroid dienone is 1. The van der Waals surface area contributed by atoms with Crippen molar-refractivity contribution in [2.45, 2.75) is 59.3 Å². The molecule has 0 saturated carbocycles. The Morgan fingerprint density at radius 2 is 1.48 bits per heavy atom. The zero-order valence-corrected chi connectivity index (χ0v) is 20.7. The van der Waals surface area contributed by atoms with Crippen LogP contribution in [-0.4, -0.2) is 31.2 Å². The molecule has 2 nitrogen and oxygen atoms in total. The van der Waals surface area contributed by atoms with Crippen LogP contribution in [0.2, 0.25) is 0 Å². The predicted molar refractivity (Wildman–Crippen MR) is 132 cm³/mol. The van der Waals surface area contributed by atoms with Crippen LogP contribution in [0.5, 0.6) is 0 Å². The van der Waals surface area contributed by atoms with Crippen molar-refractivity contribution in [1.82, 2.24) is 0 Å². The number of para-hydroxylation sites is 1. The third-order valence-electron chi connectivity index (χ3n) is 5.39. The summed E-state index contributed by atoms with van der Waals surface area (Å²) in [6.07, 6.45) is 15.0. The maximum atomic E-state index is 6.64. The molecule has 156 valence electrons. The van der Waals surface area contributed by atoms with Crippen LogP contribution in [0.1, 0.15) is 59.3 Å². The number of rotatable bonds is 14. The molecule has 0 aliphatic heterocycles. The van der Waals surface area contributed by atoms with E-state index in [1.807, 2.05) is 30.3 Å². The minimum atomic E-state index is -1.95. The molecule has 0 unspecified atom stereocenters. The molecule has 0 atom stereocenters. The molecule has 0 fully saturated rings. The van der Waals surface area contributed by atoms with E-state index in [-0.39, 0.29) is 0 Å². The first-order valence-corrected chi connectivity index (χ1v) is 15.9. The summed E-state index contributed by atoms with van der Waals surface area (Å²) >= 11 is 11.1. The molecular formula is C22H39BrClN2P. The van der Waals surface area contributed by atoms with Crippen LogP contribution in [0.15, 0.2) is 41.4 Å². The topological polar surface area (TPSA) is 29.3 Å². The number of nitrogens with zero attached hydrogens (tertiary/aromatic N) is 1. The monoisotopic (exact) mass is 476 g/mol. The van der Waals surface area contributed by atoms with Crippen LogP contribution in [-0.2, 0) is 0 Å². The summed E-state index contributed by atoms with van der Waals surface area (Å²) in [4.78, 5) is 0. The van der Waals surface area contributed by atoms with E-state index in [9.17, 15) is 0 Å². The molecule has 0 heterocycles. The summed E-state index contributed by atoms with van der Waals surface area (Å²) in [6, 6.07) is 10.0. The Bertz CT molecular complexity index is 540. The summed E-state index contributed by atoms with van der Waals surface area (Å²) in [5.74, 6) is 6.22. The fourth-order valence-corrected chi connectivity index (χ4v) is 11.8. The summed E-state index contributed by atoms with van der Waals surface area (Å²) < 4.78 is 0. The maximum absolute atomic E-state index is 6.64. The Hall–Kier alpha value is -0.0800. The standard InChI is InChI=1S/C22H39BrClN2P/c1-4-7-16-27(23,17-8-5-2,18-9-6-3)19-15-21(24)20-26(25)22-13-11-10-12-14-22/h10-15H,4-9,16-20,25H2,1-3H3. The second kappa shape index (κ2) is 12.5. The van der Waals surface area contributed by atoms with Crippen molar-refractivity contribution in [3.05, 3.63) is 41.4 Å². The fourth-order valence-electron chi connectivity index (χ4n) is 3.53. The summed E-state index contributed by atoms with van der Waals surface area (Å²) in [6.45, 7) is 7.44. The Morgan fingerprint density at radius 1 is 1.00 bits per heavy atom. The van der Waals surface area contributed by atoms with Gasteiger partial charge in [0, 0.05) is 0 Å². The molecule has 1 aromatic rings. The van der Waals surface area contributed by atoms with Crippen molar-refractivity contribution in [3.8, 4) is 0 Å². The summed E-state index contributed by atoms with van der Waals surface area (Å²) in [7, 11) is 0. The van der Waals surface area contributed by atoms with E-state index in [2.05, 4.69) is 42.3 Å². The summed E-state index contributed by atoms with van der Waals surface area (Å²) in [5, 5.41) is 0.625. The second-order valence-electron chi connectivity index (χ2n) is 7.85. The first-order valence-electron chi connectivity index (χ1n) is 10.5. The van der Waals surface area contributed by atoms with Crippen LogP contribution in [0, 0.1) is 0 Å². The Morgan fingerprint density at radius 3 is 1.93 bits per heavy atom. The predicted octanol–water partition coefficient (Wildman–Crippen LogP) is 7.75. The van der Waals surface area contributed by atoms with Crippen molar-refractivity contribution in [2.24, 2.45) is 5.84 Å². The molecule has 0 aliphatic carbocycles. The Kier molecular flexibility index (Phi) is 11.5. The van der Waals surface area contributed by atoms with Gasteiger partial charge in [-0.25, -0.2) is 0 Å². The van der Waals surface area contributed by atoms with Crippen LogP contribution >= 0.6 is 32.4 Å². The zero-order valence-electron chi connectivity index (χ0n) is 17.5. The molecule has 2 N–H and O–H groups in total. The molecule has 0 spiro atoms. The van der Waals surface area contributed by atoms with Gasteiger partial charge in [0.25, 0.3) is 0 Å². The van der Waals surface area contributed by atoms with E-state index in [4.69, 9.17) is 17.4 Å². The normalized spacial score (nSPS) is 14.0. The van der Waals surface area contributed by atoms with Gasteiger partial charge in [-0.2, -0.15) is 0 Å². The van der Waals surface area contributed by atoms with E-state index < -0.39 is 5.31 Å². The van der Waals surface area contributed by atoms with Gasteiger partial charge >= 0.3 is 181 Å². The molecule has 0 saturated heterocycles. The molecular weight excluding hydrogens is 439 g/mol. The van der Waals surface area contributed by atoms with Crippen molar-refractivity contribution in [2.75, 3.05) is 36.2 Å². The average molecular weight is 478 g/mol. The zero-order chi connectivity index (χ0) is 20.2. The fraction of sp³-hybridized carbons (Fsp3) is 0.636. The third kappa shape index (κ3) is 8.86. The van der Waals surface area contributed by atoms with Gasteiger partial charge in [0.05, 0.1) is 0 Å². The van der Waals surface area contributed by atoms with Crippen molar-refractivity contribution >= 4 is 38.1 Å². The molecule has 0 bridgehead atoms. The first-order chi connectivity index (χ1) is 12.9. The summed E-state index contributed by atoms with van der Waals surface area (Å²) in [5.41, 5.74) is 0.989. The number of hydrogen-bond donors (Lipinski definition) is 1. The van der Waals surface area contributed by atoms with E-state index in [0.29, 0.717) is 6.54 Å². The number of hydrazine groups is 1. The van der Waals surface area contributed by atoms with E-state index in [1.165, 1.54) is 57.0 Å². The van der Waals surface area contributed by atoms with Gasteiger partial charge in [-0.1, -0.05) is 0 Å². The van der Waals surface area contributed by atoms with Crippen LogP contribution in [0.25, 0.3) is 0 Å². The molecule has 1 aromatic carbocycles. The van der Waals surface area contributed by atoms with Crippen LogP contribution in [0.3, 0.4) is 0 Å². The number of unbranched alkanes of at least 4 members (excludes halogenated alkanes) is 3. The SMILES string of the molecule is CCCCP(Br)(CC=C(Cl)CN(N)c1ccccc1)(CCCC)CCCC. The van der Waals surface area contributed by atoms with Gasteiger partial charge in [-0.15, -0.1) is 0 Å². The quantitative estimate of drug-likeness (QED) is 0.168. The van der Waals surface area contributed by atoms with Crippen molar-refractivity contribution < 1.29 is 0 Å². The molecule has 0 amide bonds. The molecule has 0 aliphatic rings. The van der Waals surface area contributed by atoms with Gasteiger partial charge in [0.15, 0.2) is 0 Å². The van der Waals surface area contributed by atoms with Gasteiger partial charge in [-0.05, 0) is 0 Å². The Labute approximate surface area is 180 Å². The number of benzene rings is 1. The number of anilines is 1. The van der Waals surface area contributed by atoms with Crippen LogP contribution < -0.4 is 10.9 Å². The Balaban J connectivity index is 2.92. The van der Waals surface area contributed by atoms with E-state index in [0.717, 1.165) is 16.9 Å². The van der Waals surface area contributed by atoms with E-state index in [1.54, 1.807) is 5.01 Å². The van der Waals surface area contributed by atoms with Gasteiger partial charge in [-0.3, -0.25) is 0 Å². The molecule has 0 aromatic heterocycles.